The summed E-state index contributed by atoms with van der Waals surface area (Å²) >= 11 is 1.45. The third-order valence-corrected chi connectivity index (χ3v) is 7.04. The molecule has 0 spiro atoms. The molecule has 0 atom stereocenters. The number of carboxylic acids is 1. The Kier molecular flexibility index (Phi) is 7.36. The van der Waals surface area contributed by atoms with Crippen LogP contribution >= 0.6 is 11.3 Å². The van der Waals surface area contributed by atoms with Crippen LogP contribution in [0.2, 0.25) is 0 Å². The third kappa shape index (κ3) is 6.07. The SMILES string of the molecule is Cc1ccnc(Nc2cccc(-c3cnc(N(CC(N)=O)CC4CCC(C(=O)O)CC4)s3)n2)c1. The van der Waals surface area contributed by atoms with Crippen molar-refractivity contribution < 1.29 is 14.7 Å². The molecule has 1 amide bonds. The molecule has 3 heterocycles. The summed E-state index contributed by atoms with van der Waals surface area (Å²) in [5.41, 5.74) is 7.38. The van der Waals surface area contributed by atoms with Crippen LogP contribution in [0.4, 0.5) is 16.8 Å². The lowest BCUT2D eigenvalue weighted by atomic mass is 9.82. The van der Waals surface area contributed by atoms with Gasteiger partial charge in [-0.05, 0) is 68.4 Å². The highest BCUT2D eigenvalue weighted by molar-refractivity contribution is 7.18. The average molecular weight is 481 g/mol. The Hall–Kier alpha value is -3.53. The van der Waals surface area contributed by atoms with E-state index in [0.29, 0.717) is 36.3 Å². The molecular formula is C24H28N6O3S. The molecule has 1 aliphatic rings. The maximum Gasteiger partial charge on any atom is 0.306 e. The molecule has 0 aliphatic heterocycles. The number of carboxylic acid groups (broad SMARTS) is 1. The monoisotopic (exact) mass is 480 g/mol. The van der Waals surface area contributed by atoms with Gasteiger partial charge in [-0.3, -0.25) is 9.59 Å². The van der Waals surface area contributed by atoms with Crippen LogP contribution in [0, 0.1) is 18.8 Å². The van der Waals surface area contributed by atoms with E-state index in [1.165, 1.54) is 11.3 Å². The summed E-state index contributed by atoms with van der Waals surface area (Å²) in [6.07, 6.45) is 6.45. The number of pyridine rings is 2. The van der Waals surface area contributed by atoms with Crippen molar-refractivity contribution in [1.82, 2.24) is 15.0 Å². The minimum atomic E-state index is -0.723. The maximum atomic E-state index is 11.7. The summed E-state index contributed by atoms with van der Waals surface area (Å²) in [7, 11) is 0. The molecule has 3 aromatic heterocycles. The van der Waals surface area contributed by atoms with Gasteiger partial charge in [-0.1, -0.05) is 17.4 Å². The van der Waals surface area contributed by atoms with Gasteiger partial charge in [-0.15, -0.1) is 0 Å². The minimum Gasteiger partial charge on any atom is -0.481 e. The molecule has 1 aliphatic carbocycles. The van der Waals surface area contributed by atoms with E-state index in [9.17, 15) is 14.7 Å². The highest BCUT2D eigenvalue weighted by Gasteiger charge is 2.28. The van der Waals surface area contributed by atoms with Crippen LogP contribution in [0.3, 0.4) is 0 Å². The quantitative estimate of drug-likeness (QED) is 0.421. The Labute approximate surface area is 202 Å². The highest BCUT2D eigenvalue weighted by atomic mass is 32.1. The standard InChI is InChI=1S/C24H28N6O3S/c1-15-9-10-26-22(11-15)29-21-4-2-3-18(28-21)19-12-27-24(34-19)30(14-20(25)31)13-16-5-7-17(8-6-16)23(32)33/h2-4,9-12,16-17H,5-8,13-14H2,1H3,(H2,25,31)(H,32,33)(H,26,28,29). The Balaban J connectivity index is 1.47. The Morgan fingerprint density at radius 1 is 1.18 bits per heavy atom. The van der Waals surface area contributed by atoms with E-state index < -0.39 is 11.9 Å². The van der Waals surface area contributed by atoms with Gasteiger partial charge in [0.25, 0.3) is 0 Å². The van der Waals surface area contributed by atoms with Crippen molar-refractivity contribution in [3.05, 3.63) is 48.3 Å². The van der Waals surface area contributed by atoms with Gasteiger partial charge < -0.3 is 21.1 Å². The van der Waals surface area contributed by atoms with E-state index >= 15 is 0 Å². The van der Waals surface area contributed by atoms with E-state index in [0.717, 1.165) is 34.8 Å². The van der Waals surface area contributed by atoms with Crippen molar-refractivity contribution in [2.24, 2.45) is 17.6 Å². The highest BCUT2D eigenvalue weighted by Crippen LogP contribution is 2.34. The van der Waals surface area contributed by atoms with Crippen molar-refractivity contribution in [2.75, 3.05) is 23.3 Å². The van der Waals surface area contributed by atoms with Crippen LogP contribution in [-0.4, -0.2) is 45.0 Å². The topological polar surface area (TPSA) is 134 Å². The number of nitrogens with two attached hydrogens (primary N) is 1. The summed E-state index contributed by atoms with van der Waals surface area (Å²) < 4.78 is 0. The second-order valence-electron chi connectivity index (χ2n) is 8.66. The Bertz CT molecular complexity index is 1160. The zero-order chi connectivity index (χ0) is 24.1. The molecule has 4 rings (SSSR count). The molecule has 1 saturated carbocycles. The number of hydrogen-bond acceptors (Lipinski definition) is 8. The van der Waals surface area contributed by atoms with E-state index in [1.807, 2.05) is 42.2 Å². The van der Waals surface area contributed by atoms with Crippen molar-refractivity contribution in [3.63, 3.8) is 0 Å². The van der Waals surface area contributed by atoms with Crippen LogP contribution in [-0.2, 0) is 9.59 Å². The predicted octanol–water partition coefficient (Wildman–Crippen LogP) is 3.83. The average Bonchev–Trinajstić information content (AvgIpc) is 3.29. The molecule has 0 bridgehead atoms. The van der Waals surface area contributed by atoms with Gasteiger partial charge >= 0.3 is 5.97 Å². The number of anilines is 3. The fourth-order valence-electron chi connectivity index (χ4n) is 4.21. The molecule has 178 valence electrons. The lowest BCUT2D eigenvalue weighted by Crippen LogP contribution is -2.38. The molecule has 9 nitrogen and oxygen atoms in total. The largest absolute Gasteiger partial charge is 0.481 e. The number of thiazole rings is 1. The van der Waals surface area contributed by atoms with Crippen molar-refractivity contribution in [1.29, 1.82) is 0 Å². The maximum absolute atomic E-state index is 11.7. The van der Waals surface area contributed by atoms with Crippen molar-refractivity contribution in [2.45, 2.75) is 32.6 Å². The molecular weight excluding hydrogens is 452 g/mol. The first-order valence-electron chi connectivity index (χ1n) is 11.3. The molecule has 0 unspecified atom stereocenters. The molecule has 4 N–H and O–H groups in total. The van der Waals surface area contributed by atoms with E-state index in [4.69, 9.17) is 10.7 Å². The van der Waals surface area contributed by atoms with Crippen LogP contribution in [0.5, 0.6) is 0 Å². The number of rotatable bonds is 9. The van der Waals surface area contributed by atoms with Gasteiger partial charge in [-0.2, -0.15) is 0 Å². The zero-order valence-corrected chi connectivity index (χ0v) is 19.8. The van der Waals surface area contributed by atoms with E-state index in [1.54, 1.807) is 12.4 Å². The number of carbonyl (C=O) groups excluding carboxylic acids is 1. The number of aliphatic carboxylic acids is 1. The van der Waals surface area contributed by atoms with Gasteiger partial charge in [0, 0.05) is 18.9 Å². The molecule has 34 heavy (non-hydrogen) atoms. The second-order valence-corrected chi connectivity index (χ2v) is 9.67. The second kappa shape index (κ2) is 10.6. The summed E-state index contributed by atoms with van der Waals surface area (Å²) in [6.45, 7) is 2.70. The number of amides is 1. The Morgan fingerprint density at radius 2 is 1.97 bits per heavy atom. The Morgan fingerprint density at radius 3 is 2.68 bits per heavy atom. The predicted molar refractivity (Wildman–Crippen MR) is 132 cm³/mol. The lowest BCUT2D eigenvalue weighted by Gasteiger charge is -2.30. The van der Waals surface area contributed by atoms with Gasteiger partial charge in [-0.25, -0.2) is 15.0 Å². The van der Waals surface area contributed by atoms with Crippen molar-refractivity contribution in [3.8, 4) is 10.6 Å². The van der Waals surface area contributed by atoms with Crippen LogP contribution in [0.25, 0.3) is 10.6 Å². The summed E-state index contributed by atoms with van der Waals surface area (Å²) in [5.74, 6) is 0.282. The number of primary amides is 1. The minimum absolute atomic E-state index is 0.0693. The van der Waals surface area contributed by atoms with Gasteiger partial charge in [0.2, 0.25) is 5.91 Å². The molecule has 10 heteroatoms. The van der Waals surface area contributed by atoms with Crippen LogP contribution in [0.15, 0.2) is 42.7 Å². The summed E-state index contributed by atoms with van der Waals surface area (Å²) in [5, 5.41) is 13.2. The van der Waals surface area contributed by atoms with Crippen LogP contribution in [0.1, 0.15) is 31.2 Å². The van der Waals surface area contributed by atoms with E-state index in [2.05, 4.69) is 15.3 Å². The first-order valence-corrected chi connectivity index (χ1v) is 12.1. The number of nitrogens with zero attached hydrogens (tertiary/aromatic N) is 4. The van der Waals surface area contributed by atoms with Gasteiger partial charge in [0.1, 0.15) is 11.6 Å². The smallest absolute Gasteiger partial charge is 0.306 e. The lowest BCUT2D eigenvalue weighted by molar-refractivity contribution is -0.143. The number of hydrogen-bond donors (Lipinski definition) is 3. The number of aryl methyl sites for hydroxylation is 1. The summed E-state index contributed by atoms with van der Waals surface area (Å²) in [4.78, 5) is 39.3. The molecule has 0 radical (unpaired) electrons. The fourth-order valence-corrected chi connectivity index (χ4v) is 5.10. The fraction of sp³-hybridized carbons (Fsp3) is 0.375. The molecule has 0 saturated heterocycles. The molecule has 1 fully saturated rings. The molecule has 0 aromatic carbocycles. The third-order valence-electron chi connectivity index (χ3n) is 5.96. The first kappa shape index (κ1) is 23.6. The van der Waals surface area contributed by atoms with Gasteiger partial charge in [0.05, 0.1) is 23.0 Å². The number of aromatic nitrogens is 3. The normalized spacial score (nSPS) is 17.8. The number of nitrogens with one attached hydrogen (secondary N) is 1. The van der Waals surface area contributed by atoms with Crippen LogP contribution < -0.4 is 16.0 Å². The van der Waals surface area contributed by atoms with Gasteiger partial charge in [0.15, 0.2) is 5.13 Å². The number of carbonyl (C=O) groups is 2. The zero-order valence-electron chi connectivity index (χ0n) is 19.0. The summed E-state index contributed by atoms with van der Waals surface area (Å²) in [6, 6.07) is 9.59. The molecule has 3 aromatic rings. The van der Waals surface area contributed by atoms with Crippen molar-refractivity contribution >= 4 is 40.0 Å². The first-order chi connectivity index (χ1) is 16.4. The van der Waals surface area contributed by atoms with E-state index in [-0.39, 0.29) is 12.5 Å².